The first kappa shape index (κ1) is 11.2. The van der Waals surface area contributed by atoms with E-state index in [0.717, 1.165) is 33.2 Å². The second kappa shape index (κ2) is 4.17. The lowest BCUT2D eigenvalue weighted by atomic mass is 10.1. The standard InChI is InChI=1S/C17H12N2O/c1-20-12-7-9-14-16(10-12)19-17-13-5-3-2-4-11(13)6-8-15(17)18-14/h2-10H,1H3. The van der Waals surface area contributed by atoms with Gasteiger partial charge in [-0.15, -0.1) is 0 Å². The minimum absolute atomic E-state index is 0.798. The Morgan fingerprint density at radius 3 is 2.55 bits per heavy atom. The van der Waals surface area contributed by atoms with Crippen LogP contribution in [-0.4, -0.2) is 17.1 Å². The molecule has 0 unspecified atom stereocenters. The molecule has 0 aliphatic rings. The molecular weight excluding hydrogens is 248 g/mol. The molecule has 3 nitrogen and oxygen atoms in total. The number of aromatic nitrogens is 2. The van der Waals surface area contributed by atoms with E-state index >= 15 is 0 Å². The number of rotatable bonds is 1. The fraction of sp³-hybridized carbons (Fsp3) is 0.0588. The van der Waals surface area contributed by atoms with Crippen LogP contribution in [0.5, 0.6) is 5.75 Å². The van der Waals surface area contributed by atoms with Crippen LogP contribution in [0.4, 0.5) is 0 Å². The van der Waals surface area contributed by atoms with Crippen molar-refractivity contribution >= 4 is 32.8 Å². The number of methoxy groups -OCH3 is 1. The lowest BCUT2D eigenvalue weighted by molar-refractivity contribution is 0.415. The van der Waals surface area contributed by atoms with E-state index < -0.39 is 0 Å². The van der Waals surface area contributed by atoms with Gasteiger partial charge in [-0.1, -0.05) is 30.3 Å². The molecule has 0 bridgehead atoms. The summed E-state index contributed by atoms with van der Waals surface area (Å²) in [6, 6.07) is 18.1. The lowest BCUT2D eigenvalue weighted by Crippen LogP contribution is -1.90. The Hall–Kier alpha value is -2.68. The van der Waals surface area contributed by atoms with Crippen LogP contribution in [0.25, 0.3) is 32.8 Å². The second-order valence-corrected chi connectivity index (χ2v) is 4.73. The van der Waals surface area contributed by atoms with Crippen molar-refractivity contribution in [2.24, 2.45) is 0 Å². The van der Waals surface area contributed by atoms with Crippen LogP contribution < -0.4 is 4.74 Å². The summed E-state index contributed by atoms with van der Waals surface area (Å²) in [5.74, 6) is 0.798. The molecule has 4 rings (SSSR count). The van der Waals surface area contributed by atoms with Gasteiger partial charge in [0.15, 0.2) is 0 Å². The highest BCUT2D eigenvalue weighted by Crippen LogP contribution is 2.26. The zero-order chi connectivity index (χ0) is 13.5. The van der Waals surface area contributed by atoms with Crippen LogP contribution in [0.3, 0.4) is 0 Å². The molecule has 0 aliphatic heterocycles. The lowest BCUT2D eigenvalue weighted by Gasteiger charge is -2.06. The highest BCUT2D eigenvalue weighted by atomic mass is 16.5. The fourth-order valence-corrected chi connectivity index (χ4v) is 2.52. The first-order chi connectivity index (χ1) is 9.85. The van der Waals surface area contributed by atoms with E-state index in [9.17, 15) is 0 Å². The Morgan fingerprint density at radius 1 is 0.800 bits per heavy atom. The molecule has 0 aliphatic carbocycles. The molecule has 96 valence electrons. The van der Waals surface area contributed by atoms with E-state index in [2.05, 4.69) is 23.2 Å². The van der Waals surface area contributed by atoms with E-state index in [1.54, 1.807) is 7.11 Å². The number of fused-ring (bicyclic) bond motifs is 4. The molecule has 4 aromatic rings. The zero-order valence-corrected chi connectivity index (χ0v) is 11.0. The maximum atomic E-state index is 5.25. The van der Waals surface area contributed by atoms with E-state index in [0.29, 0.717) is 0 Å². The van der Waals surface area contributed by atoms with Crippen LogP contribution >= 0.6 is 0 Å². The molecule has 0 fully saturated rings. The summed E-state index contributed by atoms with van der Waals surface area (Å²) in [5, 5.41) is 2.30. The first-order valence-corrected chi connectivity index (χ1v) is 6.48. The predicted molar refractivity (Wildman–Crippen MR) is 81.1 cm³/mol. The first-order valence-electron chi connectivity index (χ1n) is 6.48. The van der Waals surface area contributed by atoms with Crippen molar-refractivity contribution in [3.63, 3.8) is 0 Å². The Morgan fingerprint density at radius 2 is 1.65 bits per heavy atom. The third-order valence-corrected chi connectivity index (χ3v) is 3.54. The molecule has 0 amide bonds. The second-order valence-electron chi connectivity index (χ2n) is 4.73. The third kappa shape index (κ3) is 1.60. The Bertz CT molecular complexity index is 947. The van der Waals surface area contributed by atoms with Gasteiger partial charge in [0.25, 0.3) is 0 Å². The van der Waals surface area contributed by atoms with Crippen LogP contribution in [0.15, 0.2) is 54.6 Å². The number of nitrogens with zero attached hydrogens (tertiary/aromatic N) is 2. The van der Waals surface area contributed by atoms with Gasteiger partial charge in [0, 0.05) is 11.5 Å². The molecule has 1 heterocycles. The summed E-state index contributed by atoms with van der Waals surface area (Å²) >= 11 is 0. The molecule has 0 saturated heterocycles. The monoisotopic (exact) mass is 260 g/mol. The van der Waals surface area contributed by atoms with Gasteiger partial charge in [0.2, 0.25) is 0 Å². The topological polar surface area (TPSA) is 35.0 Å². The van der Waals surface area contributed by atoms with Gasteiger partial charge in [-0.2, -0.15) is 0 Å². The van der Waals surface area contributed by atoms with Crippen molar-refractivity contribution in [2.45, 2.75) is 0 Å². The average molecular weight is 260 g/mol. The third-order valence-electron chi connectivity index (χ3n) is 3.54. The highest BCUT2D eigenvalue weighted by Gasteiger charge is 2.06. The molecule has 0 saturated carbocycles. The summed E-state index contributed by atoms with van der Waals surface area (Å²) in [7, 11) is 1.66. The SMILES string of the molecule is COc1ccc2nc3ccc4ccccc4c3nc2c1. The fourth-order valence-electron chi connectivity index (χ4n) is 2.52. The van der Waals surface area contributed by atoms with Crippen molar-refractivity contribution in [3.8, 4) is 5.75 Å². The summed E-state index contributed by atoms with van der Waals surface area (Å²) in [4.78, 5) is 9.46. The van der Waals surface area contributed by atoms with E-state index in [1.165, 1.54) is 5.39 Å². The van der Waals surface area contributed by atoms with Crippen molar-refractivity contribution in [2.75, 3.05) is 7.11 Å². The Labute approximate surface area is 115 Å². The number of ether oxygens (including phenoxy) is 1. The highest BCUT2D eigenvalue weighted by molar-refractivity contribution is 6.05. The van der Waals surface area contributed by atoms with Gasteiger partial charge in [-0.05, 0) is 23.6 Å². The van der Waals surface area contributed by atoms with Crippen LogP contribution in [-0.2, 0) is 0 Å². The molecule has 20 heavy (non-hydrogen) atoms. The smallest absolute Gasteiger partial charge is 0.121 e. The molecule has 3 aromatic carbocycles. The van der Waals surface area contributed by atoms with Crippen LogP contribution in [0.1, 0.15) is 0 Å². The molecule has 0 radical (unpaired) electrons. The summed E-state index contributed by atoms with van der Waals surface area (Å²) in [6.07, 6.45) is 0. The van der Waals surface area contributed by atoms with Crippen LogP contribution in [0, 0.1) is 0 Å². The van der Waals surface area contributed by atoms with Gasteiger partial charge in [0.1, 0.15) is 5.75 Å². The normalized spacial score (nSPS) is 11.2. The minimum atomic E-state index is 0.798. The zero-order valence-electron chi connectivity index (χ0n) is 11.0. The number of hydrogen-bond acceptors (Lipinski definition) is 3. The predicted octanol–water partition coefficient (Wildman–Crippen LogP) is 3.94. The molecule has 0 spiro atoms. The Kier molecular flexibility index (Phi) is 2.33. The van der Waals surface area contributed by atoms with Gasteiger partial charge < -0.3 is 4.74 Å². The maximum absolute atomic E-state index is 5.25. The van der Waals surface area contributed by atoms with Gasteiger partial charge in [-0.3, -0.25) is 0 Å². The van der Waals surface area contributed by atoms with E-state index in [-0.39, 0.29) is 0 Å². The van der Waals surface area contributed by atoms with E-state index in [4.69, 9.17) is 9.72 Å². The largest absolute Gasteiger partial charge is 0.497 e. The van der Waals surface area contributed by atoms with Crippen molar-refractivity contribution in [3.05, 3.63) is 54.6 Å². The quantitative estimate of drug-likeness (QED) is 0.384. The number of benzene rings is 3. The van der Waals surface area contributed by atoms with Crippen LogP contribution in [0.2, 0.25) is 0 Å². The van der Waals surface area contributed by atoms with Gasteiger partial charge >= 0.3 is 0 Å². The van der Waals surface area contributed by atoms with Gasteiger partial charge in [0.05, 0.1) is 29.2 Å². The molecular formula is C17H12N2O. The van der Waals surface area contributed by atoms with Crippen molar-refractivity contribution in [1.82, 2.24) is 9.97 Å². The summed E-state index contributed by atoms with van der Waals surface area (Å²) in [6.45, 7) is 0. The average Bonchev–Trinajstić information content (AvgIpc) is 2.52. The summed E-state index contributed by atoms with van der Waals surface area (Å²) in [5.41, 5.74) is 3.59. The number of hydrogen-bond donors (Lipinski definition) is 0. The molecule has 0 N–H and O–H groups in total. The van der Waals surface area contributed by atoms with E-state index in [1.807, 2.05) is 36.4 Å². The summed E-state index contributed by atoms with van der Waals surface area (Å²) < 4.78 is 5.25. The van der Waals surface area contributed by atoms with Crippen molar-refractivity contribution < 1.29 is 4.74 Å². The molecule has 3 heteroatoms. The van der Waals surface area contributed by atoms with Gasteiger partial charge in [-0.25, -0.2) is 9.97 Å². The Balaban J connectivity index is 2.16. The minimum Gasteiger partial charge on any atom is -0.497 e. The van der Waals surface area contributed by atoms with Crippen molar-refractivity contribution in [1.29, 1.82) is 0 Å². The molecule has 0 atom stereocenters. The molecule has 1 aromatic heterocycles. The maximum Gasteiger partial charge on any atom is 0.121 e.